The summed E-state index contributed by atoms with van der Waals surface area (Å²) in [7, 11) is 0. The number of esters is 1. The van der Waals surface area contributed by atoms with Crippen molar-refractivity contribution in [1.82, 2.24) is 15.3 Å². The van der Waals surface area contributed by atoms with Crippen molar-refractivity contribution < 1.29 is 14.3 Å². The van der Waals surface area contributed by atoms with Gasteiger partial charge in [0.1, 0.15) is 6.04 Å². The Morgan fingerprint density at radius 3 is 2.58 bits per heavy atom. The topological polar surface area (TPSA) is 84.1 Å². The first-order valence-electron chi connectivity index (χ1n) is 7.55. The van der Waals surface area contributed by atoms with Crippen molar-refractivity contribution in [2.45, 2.75) is 32.4 Å². The van der Waals surface area contributed by atoms with Crippen LogP contribution in [0.3, 0.4) is 0 Å². The van der Waals surface area contributed by atoms with E-state index in [1.54, 1.807) is 44.3 Å². The zero-order chi connectivity index (χ0) is 17.5. The summed E-state index contributed by atoms with van der Waals surface area (Å²) in [5, 5.41) is 2.70. The first kappa shape index (κ1) is 17.3. The van der Waals surface area contributed by atoms with Crippen LogP contribution in [0, 0.1) is 12.3 Å². The highest BCUT2D eigenvalue weighted by molar-refractivity contribution is 5.96. The van der Waals surface area contributed by atoms with Gasteiger partial charge in [0.25, 0.3) is 5.91 Å². The largest absolute Gasteiger partial charge is 0.461 e. The molecule has 0 aliphatic rings. The molecule has 2 rings (SSSR count). The van der Waals surface area contributed by atoms with E-state index in [9.17, 15) is 9.59 Å². The van der Waals surface area contributed by atoms with Gasteiger partial charge in [0.05, 0.1) is 12.4 Å². The van der Waals surface area contributed by atoms with E-state index in [0.29, 0.717) is 11.1 Å². The highest BCUT2D eigenvalue weighted by Gasteiger charge is 2.24. The third-order valence-electron chi connectivity index (χ3n) is 3.23. The number of nitrogens with zero attached hydrogens (tertiary/aromatic N) is 1. The Morgan fingerprint density at radius 1 is 1.33 bits per heavy atom. The van der Waals surface area contributed by atoms with Crippen molar-refractivity contribution in [2.24, 2.45) is 0 Å². The molecule has 1 atom stereocenters. The van der Waals surface area contributed by atoms with E-state index >= 15 is 0 Å². The van der Waals surface area contributed by atoms with Gasteiger partial charge in [-0.1, -0.05) is 5.92 Å². The number of hydrogen-bond donors (Lipinski definition) is 2. The number of ether oxygens (including phenoxy) is 1. The number of imidazole rings is 1. The molecule has 1 heterocycles. The molecule has 0 saturated carbocycles. The SMILES string of the molecule is C#Cc1ccc(C(=O)N[C@H](Cc2cnc[nH]2)C(=O)OC(C)C)cc1. The molecular weight excluding hydrogens is 306 g/mol. The van der Waals surface area contributed by atoms with Gasteiger partial charge in [0.15, 0.2) is 0 Å². The molecular formula is C18H19N3O3. The van der Waals surface area contributed by atoms with Crippen LogP contribution in [0.5, 0.6) is 0 Å². The molecule has 0 bridgehead atoms. The summed E-state index contributed by atoms with van der Waals surface area (Å²) in [6.45, 7) is 3.51. The number of aromatic amines is 1. The molecule has 6 heteroatoms. The van der Waals surface area contributed by atoms with Crippen molar-refractivity contribution in [2.75, 3.05) is 0 Å². The predicted octanol–water partition coefficient (Wildman–Crippen LogP) is 1.68. The van der Waals surface area contributed by atoms with Gasteiger partial charge < -0.3 is 15.0 Å². The summed E-state index contributed by atoms with van der Waals surface area (Å²) in [6, 6.07) is 5.76. The number of hydrogen-bond acceptors (Lipinski definition) is 4. The smallest absolute Gasteiger partial charge is 0.329 e. The number of rotatable bonds is 6. The fourth-order valence-corrected chi connectivity index (χ4v) is 2.08. The second-order valence-corrected chi connectivity index (χ2v) is 5.51. The Hall–Kier alpha value is -3.07. The molecule has 124 valence electrons. The minimum atomic E-state index is -0.812. The van der Waals surface area contributed by atoms with Crippen molar-refractivity contribution in [3.05, 3.63) is 53.6 Å². The molecule has 0 aliphatic carbocycles. The quantitative estimate of drug-likeness (QED) is 0.625. The lowest BCUT2D eigenvalue weighted by atomic mass is 10.1. The van der Waals surface area contributed by atoms with E-state index in [4.69, 9.17) is 11.2 Å². The lowest BCUT2D eigenvalue weighted by Crippen LogP contribution is -2.44. The van der Waals surface area contributed by atoms with Crippen molar-refractivity contribution in [3.8, 4) is 12.3 Å². The van der Waals surface area contributed by atoms with Gasteiger partial charge in [-0.15, -0.1) is 6.42 Å². The molecule has 0 spiro atoms. The number of carbonyl (C=O) groups excluding carboxylic acids is 2. The number of H-pyrrole nitrogens is 1. The third kappa shape index (κ3) is 4.71. The van der Waals surface area contributed by atoms with Crippen LogP contribution in [0.25, 0.3) is 0 Å². The minimum absolute atomic E-state index is 0.264. The number of benzene rings is 1. The Bertz CT molecular complexity index is 728. The van der Waals surface area contributed by atoms with Gasteiger partial charge in [-0.3, -0.25) is 4.79 Å². The molecule has 0 radical (unpaired) electrons. The average Bonchev–Trinajstić information content (AvgIpc) is 3.06. The molecule has 1 amide bonds. The zero-order valence-corrected chi connectivity index (χ0v) is 13.6. The average molecular weight is 325 g/mol. The Labute approximate surface area is 140 Å². The number of carbonyl (C=O) groups is 2. The van der Waals surface area contributed by atoms with E-state index in [0.717, 1.165) is 5.69 Å². The van der Waals surface area contributed by atoms with Crippen molar-refractivity contribution in [1.29, 1.82) is 0 Å². The first-order chi connectivity index (χ1) is 11.5. The molecule has 6 nitrogen and oxygen atoms in total. The van der Waals surface area contributed by atoms with Crippen molar-refractivity contribution >= 4 is 11.9 Å². The first-order valence-corrected chi connectivity index (χ1v) is 7.55. The van der Waals surface area contributed by atoms with E-state index in [2.05, 4.69) is 21.2 Å². The van der Waals surface area contributed by atoms with Crippen LogP contribution in [-0.2, 0) is 16.0 Å². The number of nitrogens with one attached hydrogen (secondary N) is 2. The van der Waals surface area contributed by atoms with Gasteiger partial charge in [0, 0.05) is 29.4 Å². The third-order valence-corrected chi connectivity index (χ3v) is 3.23. The van der Waals surface area contributed by atoms with E-state index < -0.39 is 12.0 Å². The molecule has 0 fully saturated rings. The van der Waals surface area contributed by atoms with Crippen LogP contribution in [0.4, 0.5) is 0 Å². The Balaban J connectivity index is 2.12. The predicted molar refractivity (Wildman–Crippen MR) is 89.2 cm³/mol. The van der Waals surface area contributed by atoms with Crippen LogP contribution < -0.4 is 5.32 Å². The van der Waals surface area contributed by atoms with Crippen LogP contribution in [0.2, 0.25) is 0 Å². The summed E-state index contributed by atoms with van der Waals surface area (Å²) in [5.41, 5.74) is 1.82. The molecule has 1 aromatic heterocycles. The Morgan fingerprint density at radius 2 is 2.04 bits per heavy atom. The molecule has 1 aromatic carbocycles. The molecule has 2 aromatic rings. The number of amides is 1. The van der Waals surface area contributed by atoms with E-state index in [-0.39, 0.29) is 18.4 Å². The highest BCUT2D eigenvalue weighted by atomic mass is 16.5. The van der Waals surface area contributed by atoms with Gasteiger partial charge in [-0.05, 0) is 38.1 Å². The molecule has 0 saturated heterocycles. The van der Waals surface area contributed by atoms with Gasteiger partial charge in [-0.25, -0.2) is 9.78 Å². The van der Waals surface area contributed by atoms with Crippen molar-refractivity contribution in [3.63, 3.8) is 0 Å². The van der Waals surface area contributed by atoms with Crippen LogP contribution in [0.15, 0.2) is 36.8 Å². The lowest BCUT2D eigenvalue weighted by Gasteiger charge is -2.18. The van der Waals surface area contributed by atoms with Gasteiger partial charge in [0.2, 0.25) is 0 Å². The van der Waals surface area contributed by atoms with Gasteiger partial charge in [-0.2, -0.15) is 0 Å². The zero-order valence-electron chi connectivity index (χ0n) is 13.6. The second kappa shape index (κ2) is 7.97. The highest BCUT2D eigenvalue weighted by Crippen LogP contribution is 2.07. The lowest BCUT2D eigenvalue weighted by molar-refractivity contribution is -0.149. The summed E-state index contributed by atoms with van der Waals surface area (Å²) < 4.78 is 5.22. The standard InChI is InChI=1S/C18H19N3O3/c1-4-13-5-7-14(8-6-13)17(22)21-16(18(23)24-12(2)3)9-15-10-19-11-20-15/h1,5-8,10-12,16H,9H2,2-3H3,(H,19,20)(H,21,22)/t16-/m1/s1. The molecule has 24 heavy (non-hydrogen) atoms. The van der Waals surface area contributed by atoms with Crippen LogP contribution in [0.1, 0.15) is 35.5 Å². The molecule has 2 N–H and O–H groups in total. The second-order valence-electron chi connectivity index (χ2n) is 5.51. The fourth-order valence-electron chi connectivity index (χ4n) is 2.08. The maximum absolute atomic E-state index is 12.4. The molecule has 0 aliphatic heterocycles. The normalized spacial score (nSPS) is 11.6. The van der Waals surface area contributed by atoms with E-state index in [1.807, 2.05) is 0 Å². The van der Waals surface area contributed by atoms with Crippen LogP contribution in [-0.4, -0.2) is 34.0 Å². The summed E-state index contributed by atoms with van der Waals surface area (Å²) in [4.78, 5) is 31.5. The van der Waals surface area contributed by atoms with Crippen LogP contribution >= 0.6 is 0 Å². The fraction of sp³-hybridized carbons (Fsp3) is 0.278. The summed E-state index contributed by atoms with van der Waals surface area (Å²) in [5.74, 6) is 1.62. The summed E-state index contributed by atoms with van der Waals surface area (Å²) >= 11 is 0. The Kier molecular flexibility index (Phi) is 5.74. The number of terminal acetylenes is 1. The van der Waals surface area contributed by atoms with Gasteiger partial charge >= 0.3 is 5.97 Å². The maximum Gasteiger partial charge on any atom is 0.329 e. The van der Waals surface area contributed by atoms with E-state index in [1.165, 1.54) is 6.33 Å². The molecule has 0 unspecified atom stereocenters. The summed E-state index contributed by atoms with van der Waals surface area (Å²) in [6.07, 6.45) is 8.41. The minimum Gasteiger partial charge on any atom is -0.461 e. The number of aromatic nitrogens is 2. The maximum atomic E-state index is 12.4. The monoisotopic (exact) mass is 325 g/mol.